The van der Waals surface area contributed by atoms with Crippen molar-refractivity contribution in [1.82, 2.24) is 0 Å². The molecule has 0 spiro atoms. The Hall–Kier alpha value is -2.16. The highest BCUT2D eigenvalue weighted by atomic mass is 16.5. The number of carbonyl (C=O) groups is 4. The van der Waals surface area contributed by atoms with Gasteiger partial charge < -0.3 is 25.5 Å². The molecule has 0 saturated carbocycles. The Morgan fingerprint density at radius 1 is 0.824 bits per heavy atom. The molecule has 0 bridgehead atoms. The molecule has 9 nitrogen and oxygen atoms in total. The summed E-state index contributed by atoms with van der Waals surface area (Å²) in [7, 11) is 0. The summed E-state index contributed by atoms with van der Waals surface area (Å²) in [6.07, 6.45) is -0.924. The van der Waals surface area contributed by atoms with Gasteiger partial charge in [-0.05, 0) is 6.42 Å². The summed E-state index contributed by atoms with van der Waals surface area (Å²) in [5, 5.41) is 44.2. The van der Waals surface area contributed by atoms with Gasteiger partial charge in [-0.15, -0.1) is 0 Å². The molecule has 0 heterocycles. The third kappa shape index (κ3) is 1.69. The highest BCUT2D eigenvalue weighted by Crippen LogP contribution is 2.37. The van der Waals surface area contributed by atoms with E-state index in [1.54, 1.807) is 0 Å². The van der Waals surface area contributed by atoms with Crippen molar-refractivity contribution in [1.29, 1.82) is 0 Å². The van der Waals surface area contributed by atoms with Crippen LogP contribution >= 0.6 is 0 Å². The zero-order valence-electron chi connectivity index (χ0n) is 8.58. The fourth-order valence-electron chi connectivity index (χ4n) is 1.42. The normalized spacial score (nSPS) is 11.9. The molecule has 0 rings (SSSR count). The van der Waals surface area contributed by atoms with E-state index in [2.05, 4.69) is 0 Å². The second-order valence-electron chi connectivity index (χ2n) is 3.19. The van der Waals surface area contributed by atoms with Gasteiger partial charge in [0.1, 0.15) is 0 Å². The molecule has 0 aliphatic carbocycles. The zero-order valence-corrected chi connectivity index (χ0v) is 8.58. The van der Waals surface area contributed by atoms with Crippen LogP contribution in [0.3, 0.4) is 0 Å². The van der Waals surface area contributed by atoms with Crippen LogP contribution in [-0.2, 0) is 19.2 Å². The summed E-state index contributed by atoms with van der Waals surface area (Å²) in [5.74, 6) is -9.42. The van der Waals surface area contributed by atoms with E-state index in [1.165, 1.54) is 0 Å². The average molecular weight is 250 g/mol. The standard InChI is InChI=1S/C8H10O9/c1-2-7(3(9)10,4(11)12)8(17,5(13)14)6(15)16/h17H,2H2,1H3,(H,9,10)(H,11,12)(H,13,14)(H,15,16). The molecule has 17 heavy (non-hydrogen) atoms. The first-order valence-corrected chi connectivity index (χ1v) is 4.25. The van der Waals surface area contributed by atoms with Crippen LogP contribution in [0.25, 0.3) is 0 Å². The van der Waals surface area contributed by atoms with Crippen LogP contribution in [0.1, 0.15) is 13.3 Å². The first kappa shape index (κ1) is 14.8. The van der Waals surface area contributed by atoms with Crippen LogP contribution in [0, 0.1) is 5.41 Å². The predicted octanol–water partition coefficient (Wildman–Crippen LogP) is -1.55. The number of aliphatic hydroxyl groups is 1. The molecule has 0 aromatic heterocycles. The molecule has 0 atom stereocenters. The maximum Gasteiger partial charge on any atom is 0.349 e. The molecular weight excluding hydrogens is 240 g/mol. The number of aliphatic carboxylic acids is 4. The lowest BCUT2D eigenvalue weighted by Crippen LogP contribution is -2.66. The molecule has 0 aliphatic heterocycles. The fourth-order valence-corrected chi connectivity index (χ4v) is 1.42. The van der Waals surface area contributed by atoms with Gasteiger partial charge in [0, 0.05) is 0 Å². The van der Waals surface area contributed by atoms with E-state index in [0.29, 0.717) is 0 Å². The van der Waals surface area contributed by atoms with E-state index in [1.807, 2.05) is 0 Å². The van der Waals surface area contributed by atoms with Crippen molar-refractivity contribution < 1.29 is 44.7 Å². The van der Waals surface area contributed by atoms with Crippen molar-refractivity contribution >= 4 is 23.9 Å². The van der Waals surface area contributed by atoms with E-state index in [4.69, 9.17) is 20.4 Å². The van der Waals surface area contributed by atoms with Crippen LogP contribution in [0.2, 0.25) is 0 Å². The van der Waals surface area contributed by atoms with E-state index < -0.39 is 41.3 Å². The summed E-state index contributed by atoms with van der Waals surface area (Å²) >= 11 is 0. The number of hydrogen-bond donors (Lipinski definition) is 5. The Labute approximate surface area is 93.9 Å². The maximum atomic E-state index is 10.9. The maximum absolute atomic E-state index is 10.9. The van der Waals surface area contributed by atoms with Crippen molar-refractivity contribution in [2.24, 2.45) is 5.41 Å². The largest absolute Gasteiger partial charge is 0.480 e. The Bertz CT molecular complexity index is 354. The summed E-state index contributed by atoms with van der Waals surface area (Å²) in [5.41, 5.74) is -7.33. The quantitative estimate of drug-likeness (QED) is 0.350. The minimum Gasteiger partial charge on any atom is -0.480 e. The van der Waals surface area contributed by atoms with Crippen LogP contribution in [0.15, 0.2) is 0 Å². The molecule has 5 N–H and O–H groups in total. The van der Waals surface area contributed by atoms with Crippen LogP contribution < -0.4 is 0 Å². The van der Waals surface area contributed by atoms with Crippen molar-refractivity contribution in [2.75, 3.05) is 0 Å². The first-order valence-electron chi connectivity index (χ1n) is 4.25. The number of rotatable bonds is 6. The number of carboxylic acid groups (broad SMARTS) is 4. The van der Waals surface area contributed by atoms with Crippen LogP contribution in [0.4, 0.5) is 0 Å². The summed E-state index contributed by atoms with van der Waals surface area (Å²) in [6.45, 7) is 0.944. The number of hydrogen-bond acceptors (Lipinski definition) is 5. The highest BCUT2D eigenvalue weighted by molar-refractivity contribution is 6.15. The van der Waals surface area contributed by atoms with Gasteiger partial charge >= 0.3 is 23.9 Å². The van der Waals surface area contributed by atoms with E-state index in [0.717, 1.165) is 6.92 Å². The average Bonchev–Trinajstić information content (AvgIpc) is 2.16. The Balaban J connectivity index is 6.25. The molecule has 0 fully saturated rings. The molecule has 0 amide bonds. The summed E-state index contributed by atoms with van der Waals surface area (Å²) in [6, 6.07) is 0. The van der Waals surface area contributed by atoms with Gasteiger partial charge in [0.15, 0.2) is 0 Å². The fraction of sp³-hybridized carbons (Fsp3) is 0.500. The Morgan fingerprint density at radius 3 is 1.18 bits per heavy atom. The molecule has 0 radical (unpaired) electrons. The molecule has 96 valence electrons. The SMILES string of the molecule is CCC(C(=O)O)(C(=O)O)C(O)(C(=O)O)C(=O)O. The van der Waals surface area contributed by atoms with Gasteiger partial charge in [0.05, 0.1) is 0 Å². The highest BCUT2D eigenvalue weighted by Gasteiger charge is 2.70. The van der Waals surface area contributed by atoms with Crippen LogP contribution in [0.5, 0.6) is 0 Å². The van der Waals surface area contributed by atoms with E-state index in [9.17, 15) is 24.3 Å². The van der Waals surface area contributed by atoms with E-state index in [-0.39, 0.29) is 0 Å². The molecule has 0 aromatic carbocycles. The molecular formula is C8H10O9. The third-order valence-electron chi connectivity index (χ3n) is 2.50. The van der Waals surface area contributed by atoms with E-state index >= 15 is 0 Å². The second kappa shape index (κ2) is 4.37. The smallest absolute Gasteiger partial charge is 0.349 e. The number of carboxylic acids is 4. The van der Waals surface area contributed by atoms with Crippen molar-refractivity contribution in [3.63, 3.8) is 0 Å². The molecule has 0 aliphatic rings. The summed E-state index contributed by atoms with van der Waals surface area (Å²) < 4.78 is 0. The Kier molecular flexibility index (Phi) is 3.82. The molecule has 0 saturated heterocycles. The summed E-state index contributed by atoms with van der Waals surface area (Å²) in [4.78, 5) is 43.2. The third-order valence-corrected chi connectivity index (χ3v) is 2.50. The van der Waals surface area contributed by atoms with Crippen molar-refractivity contribution in [2.45, 2.75) is 18.9 Å². The van der Waals surface area contributed by atoms with Crippen molar-refractivity contribution in [3.05, 3.63) is 0 Å². The van der Waals surface area contributed by atoms with Crippen LogP contribution in [-0.4, -0.2) is 55.0 Å². The monoisotopic (exact) mass is 250 g/mol. The molecule has 0 unspecified atom stereocenters. The lowest BCUT2D eigenvalue weighted by atomic mass is 9.69. The zero-order chi connectivity index (χ0) is 14.0. The lowest BCUT2D eigenvalue weighted by molar-refractivity contribution is -0.208. The minimum absolute atomic E-state index is 0.924. The topological polar surface area (TPSA) is 169 Å². The minimum atomic E-state index is -3.96. The first-order chi connectivity index (χ1) is 7.58. The molecule has 0 aromatic rings. The van der Waals surface area contributed by atoms with Gasteiger partial charge in [-0.25, -0.2) is 9.59 Å². The van der Waals surface area contributed by atoms with Gasteiger partial charge in [-0.1, -0.05) is 6.92 Å². The van der Waals surface area contributed by atoms with Gasteiger partial charge in [-0.2, -0.15) is 0 Å². The Morgan fingerprint density at radius 2 is 1.12 bits per heavy atom. The van der Waals surface area contributed by atoms with Crippen molar-refractivity contribution in [3.8, 4) is 0 Å². The molecule has 9 heteroatoms. The predicted molar refractivity (Wildman–Crippen MR) is 48.2 cm³/mol. The lowest BCUT2D eigenvalue weighted by Gasteiger charge is -2.33. The van der Waals surface area contributed by atoms with Gasteiger partial charge in [0.2, 0.25) is 5.41 Å². The second-order valence-corrected chi connectivity index (χ2v) is 3.19. The van der Waals surface area contributed by atoms with Gasteiger partial charge in [-0.3, -0.25) is 9.59 Å². The van der Waals surface area contributed by atoms with Gasteiger partial charge in [0.25, 0.3) is 5.60 Å².